The summed E-state index contributed by atoms with van der Waals surface area (Å²) in [6.07, 6.45) is 1.81. The van der Waals surface area contributed by atoms with Gasteiger partial charge in [0.25, 0.3) is 5.56 Å². The molecule has 0 aliphatic carbocycles. The minimum atomic E-state index is -0.519. The number of pyridine rings is 2. The lowest BCUT2D eigenvalue weighted by molar-refractivity contribution is -0.115. The van der Waals surface area contributed by atoms with Crippen molar-refractivity contribution in [3.05, 3.63) is 63.3 Å². The van der Waals surface area contributed by atoms with Crippen molar-refractivity contribution >= 4 is 40.5 Å². The summed E-state index contributed by atoms with van der Waals surface area (Å²) in [5.74, 6) is 0.576. The second-order valence-electron chi connectivity index (χ2n) is 7.33. The molecule has 152 valence electrons. The van der Waals surface area contributed by atoms with Crippen LogP contribution >= 0.6 is 11.6 Å². The molecule has 9 heteroatoms. The van der Waals surface area contributed by atoms with E-state index in [1.807, 2.05) is 11.9 Å². The number of nitrogens with zero attached hydrogens (tertiary/aromatic N) is 3. The molecule has 0 fully saturated rings. The van der Waals surface area contributed by atoms with Gasteiger partial charge in [-0.15, -0.1) is 0 Å². The highest BCUT2D eigenvalue weighted by atomic mass is 35.5. The zero-order valence-corrected chi connectivity index (χ0v) is 16.8. The van der Waals surface area contributed by atoms with Crippen molar-refractivity contribution in [3.63, 3.8) is 0 Å². The Morgan fingerprint density at radius 1 is 1.13 bits per heavy atom. The van der Waals surface area contributed by atoms with E-state index in [1.165, 1.54) is 18.2 Å². The third kappa shape index (κ3) is 2.91. The van der Waals surface area contributed by atoms with E-state index in [1.54, 1.807) is 22.9 Å². The molecule has 4 heterocycles. The first-order chi connectivity index (χ1) is 14.4. The van der Waals surface area contributed by atoms with E-state index in [2.05, 4.69) is 15.6 Å². The molecule has 3 aromatic rings. The number of carbonyl (C=O) groups is 1. The minimum Gasteiger partial charge on any atom is -0.357 e. The Hall–Kier alpha value is -3.39. The van der Waals surface area contributed by atoms with E-state index in [-0.39, 0.29) is 29.0 Å². The highest BCUT2D eigenvalue weighted by molar-refractivity contribution is 6.30. The number of carbonyl (C=O) groups excluding carboxylic acids is 1. The molecule has 0 radical (unpaired) electrons. The Balaban J connectivity index is 1.69. The molecule has 2 aromatic heterocycles. The summed E-state index contributed by atoms with van der Waals surface area (Å²) in [5.41, 5.74) is 2.18. The fourth-order valence-electron chi connectivity index (χ4n) is 4.00. The highest BCUT2D eigenvalue weighted by Gasteiger charge is 2.27. The van der Waals surface area contributed by atoms with Crippen molar-refractivity contribution in [1.82, 2.24) is 9.55 Å². The van der Waals surface area contributed by atoms with Gasteiger partial charge in [-0.25, -0.2) is 9.37 Å². The molecule has 0 unspecified atom stereocenters. The van der Waals surface area contributed by atoms with Gasteiger partial charge in [0.2, 0.25) is 5.91 Å². The molecule has 2 N–H and O–H groups in total. The van der Waals surface area contributed by atoms with Gasteiger partial charge in [0, 0.05) is 48.2 Å². The number of nitrogens with one attached hydrogen (secondary N) is 2. The minimum absolute atomic E-state index is 0.125. The number of hydrogen-bond donors (Lipinski definition) is 2. The van der Waals surface area contributed by atoms with Crippen LogP contribution in [0.4, 0.5) is 27.4 Å². The van der Waals surface area contributed by atoms with E-state index in [0.29, 0.717) is 41.1 Å². The molecule has 5 rings (SSSR count). The van der Waals surface area contributed by atoms with E-state index >= 15 is 0 Å². The number of rotatable bonds is 3. The summed E-state index contributed by atoms with van der Waals surface area (Å²) in [5, 5.41) is 6.41. The van der Waals surface area contributed by atoms with Crippen LogP contribution in [0.1, 0.15) is 5.56 Å². The van der Waals surface area contributed by atoms with Gasteiger partial charge >= 0.3 is 0 Å². The van der Waals surface area contributed by atoms with Gasteiger partial charge in [-0.1, -0.05) is 11.6 Å². The quantitative estimate of drug-likeness (QED) is 0.672. The van der Waals surface area contributed by atoms with Crippen LogP contribution in [0.2, 0.25) is 5.02 Å². The van der Waals surface area contributed by atoms with E-state index in [9.17, 15) is 14.0 Å². The fraction of sp³-hybridized carbons (Fsp3) is 0.190. The van der Waals surface area contributed by atoms with E-state index in [0.717, 1.165) is 5.56 Å². The van der Waals surface area contributed by atoms with Crippen LogP contribution in [-0.2, 0) is 17.8 Å². The molecule has 0 spiro atoms. The van der Waals surface area contributed by atoms with Crippen LogP contribution in [0, 0.1) is 5.82 Å². The van der Waals surface area contributed by atoms with Crippen LogP contribution in [0.25, 0.3) is 11.1 Å². The second kappa shape index (κ2) is 6.84. The molecule has 0 atom stereocenters. The van der Waals surface area contributed by atoms with Gasteiger partial charge < -0.3 is 15.5 Å². The molecule has 0 saturated carbocycles. The maximum absolute atomic E-state index is 14.6. The van der Waals surface area contributed by atoms with E-state index < -0.39 is 5.82 Å². The number of likely N-dealkylation sites (N-methyl/N-ethyl adjacent to an activating group) is 1. The van der Waals surface area contributed by atoms with Gasteiger partial charge in [-0.2, -0.15) is 0 Å². The first-order valence-electron chi connectivity index (χ1n) is 9.41. The third-order valence-electron chi connectivity index (χ3n) is 5.42. The zero-order valence-electron chi connectivity index (χ0n) is 16.0. The van der Waals surface area contributed by atoms with Crippen LogP contribution in [0.3, 0.4) is 0 Å². The SMILES string of the molecule is CN1CCn2c1c(Nc1ccnc3c1CC(=O)N3)cc(-c1cc(Cl)ccc1F)c2=O. The maximum Gasteiger partial charge on any atom is 0.260 e. The number of aromatic nitrogens is 2. The monoisotopic (exact) mass is 425 g/mol. The summed E-state index contributed by atoms with van der Waals surface area (Å²) >= 11 is 6.06. The molecule has 0 bridgehead atoms. The molecule has 1 amide bonds. The van der Waals surface area contributed by atoms with Crippen LogP contribution in [0.15, 0.2) is 41.3 Å². The van der Waals surface area contributed by atoms with Crippen LogP contribution < -0.4 is 21.1 Å². The van der Waals surface area contributed by atoms with Crippen molar-refractivity contribution in [2.45, 2.75) is 13.0 Å². The fourth-order valence-corrected chi connectivity index (χ4v) is 4.17. The number of anilines is 4. The van der Waals surface area contributed by atoms with Crippen molar-refractivity contribution in [2.75, 3.05) is 29.1 Å². The predicted octanol–water partition coefficient (Wildman–Crippen LogP) is 3.39. The van der Waals surface area contributed by atoms with Gasteiger partial charge in [0.05, 0.1) is 17.7 Å². The van der Waals surface area contributed by atoms with Crippen LogP contribution in [0.5, 0.6) is 0 Å². The molecule has 2 aliphatic heterocycles. The topological polar surface area (TPSA) is 79.3 Å². The molecule has 30 heavy (non-hydrogen) atoms. The van der Waals surface area contributed by atoms with Crippen molar-refractivity contribution in [1.29, 1.82) is 0 Å². The standard InChI is InChI=1S/C21H17ClFN5O2/c1-27-6-7-28-20(27)17(25-16-4-5-24-19-14(16)10-18(29)26-19)9-13(21(28)30)12-8-11(22)2-3-15(12)23/h2-5,8-9H,6-7,10H2,1H3,(H2,24,25,26,29). The highest BCUT2D eigenvalue weighted by Crippen LogP contribution is 2.37. The lowest BCUT2D eigenvalue weighted by atomic mass is 10.1. The lowest BCUT2D eigenvalue weighted by Crippen LogP contribution is -2.22. The normalized spacial score (nSPS) is 14.5. The van der Waals surface area contributed by atoms with E-state index in [4.69, 9.17) is 11.6 Å². The molecule has 2 aliphatic rings. The molecule has 7 nitrogen and oxygen atoms in total. The average molecular weight is 426 g/mol. The number of halogens is 2. The summed E-state index contributed by atoms with van der Waals surface area (Å²) in [6.45, 7) is 1.14. The molecular weight excluding hydrogens is 409 g/mol. The number of amides is 1. The smallest absolute Gasteiger partial charge is 0.260 e. The number of benzene rings is 1. The molecular formula is C21H17ClFN5O2. The number of hydrogen-bond acceptors (Lipinski definition) is 5. The number of fused-ring (bicyclic) bond motifs is 2. The Labute approximate surface area is 176 Å². The lowest BCUT2D eigenvalue weighted by Gasteiger charge is -2.20. The largest absolute Gasteiger partial charge is 0.357 e. The Morgan fingerprint density at radius 2 is 1.97 bits per heavy atom. The zero-order chi connectivity index (χ0) is 21.0. The van der Waals surface area contributed by atoms with Crippen molar-refractivity contribution < 1.29 is 9.18 Å². The predicted molar refractivity (Wildman–Crippen MR) is 114 cm³/mol. The Kier molecular flexibility index (Phi) is 4.25. The van der Waals surface area contributed by atoms with Gasteiger partial charge in [-0.3, -0.25) is 14.2 Å². The Morgan fingerprint density at radius 3 is 2.80 bits per heavy atom. The van der Waals surface area contributed by atoms with Gasteiger partial charge in [0.1, 0.15) is 17.5 Å². The van der Waals surface area contributed by atoms with Crippen LogP contribution in [-0.4, -0.2) is 29.1 Å². The first kappa shape index (κ1) is 18.6. The van der Waals surface area contributed by atoms with Gasteiger partial charge in [0.15, 0.2) is 0 Å². The van der Waals surface area contributed by atoms with Crippen molar-refractivity contribution in [2.24, 2.45) is 0 Å². The van der Waals surface area contributed by atoms with Gasteiger partial charge in [-0.05, 0) is 30.3 Å². The summed E-state index contributed by atoms with van der Waals surface area (Å²) in [7, 11) is 1.89. The Bertz CT molecular complexity index is 1270. The summed E-state index contributed by atoms with van der Waals surface area (Å²) in [6, 6.07) is 7.57. The first-order valence-corrected chi connectivity index (χ1v) is 9.79. The second-order valence-corrected chi connectivity index (χ2v) is 7.77. The third-order valence-corrected chi connectivity index (χ3v) is 5.66. The maximum atomic E-state index is 14.6. The van der Waals surface area contributed by atoms with Crippen molar-refractivity contribution in [3.8, 4) is 11.1 Å². The average Bonchev–Trinajstić information content (AvgIpc) is 3.29. The molecule has 1 aromatic carbocycles. The summed E-state index contributed by atoms with van der Waals surface area (Å²) < 4.78 is 16.2. The summed E-state index contributed by atoms with van der Waals surface area (Å²) in [4.78, 5) is 31.1. The molecule has 0 saturated heterocycles.